The van der Waals surface area contributed by atoms with Gasteiger partial charge in [-0.1, -0.05) is 0 Å². The molecule has 0 aliphatic carbocycles. The van der Waals surface area contributed by atoms with Crippen LogP contribution in [0.4, 0.5) is 5.82 Å². The van der Waals surface area contributed by atoms with Crippen LogP contribution in [0, 0.1) is 0 Å². The smallest absolute Gasteiger partial charge is 0.222 e. The molecule has 0 saturated carbocycles. The lowest BCUT2D eigenvalue weighted by molar-refractivity contribution is -0.134. The number of aromatic nitrogens is 2. The van der Waals surface area contributed by atoms with E-state index in [9.17, 15) is 4.79 Å². The summed E-state index contributed by atoms with van der Waals surface area (Å²) in [4.78, 5) is 23.4. The fourth-order valence-electron chi connectivity index (χ4n) is 2.28. The van der Waals surface area contributed by atoms with Crippen molar-refractivity contribution >= 4 is 33.3 Å². The lowest BCUT2D eigenvalue weighted by Gasteiger charge is -2.26. The van der Waals surface area contributed by atoms with Crippen molar-refractivity contribution in [2.24, 2.45) is 5.84 Å². The van der Waals surface area contributed by atoms with E-state index in [4.69, 9.17) is 5.84 Å². The molecule has 2 aromatic heterocycles. The number of nitrogens with one attached hydrogen (secondary N) is 1. The van der Waals surface area contributed by atoms with Gasteiger partial charge in [0.25, 0.3) is 0 Å². The molecule has 2 aromatic rings. The number of piperidine rings is 1. The van der Waals surface area contributed by atoms with Gasteiger partial charge in [-0.25, -0.2) is 15.8 Å². The maximum Gasteiger partial charge on any atom is 0.222 e. The number of carbonyl (C=O) groups excluding carboxylic acids is 1. The van der Waals surface area contributed by atoms with E-state index < -0.39 is 0 Å². The van der Waals surface area contributed by atoms with E-state index in [1.807, 2.05) is 16.3 Å². The molecule has 3 rings (SSSR count). The highest BCUT2D eigenvalue weighted by molar-refractivity contribution is 7.16. The summed E-state index contributed by atoms with van der Waals surface area (Å²) >= 11 is 1.54. The molecule has 19 heavy (non-hydrogen) atoms. The number of nitrogen functional groups attached to an aromatic ring is 1. The zero-order chi connectivity index (χ0) is 13.2. The number of hydrazine groups is 1. The lowest BCUT2D eigenvalue weighted by atomic mass is 10.1. The SMILES string of the molecule is NNc1nc(CN2CCCCC2=O)nc2sccc12. The largest absolute Gasteiger partial charge is 0.335 e. The third-order valence-corrected chi connectivity index (χ3v) is 4.07. The Morgan fingerprint density at radius 1 is 1.42 bits per heavy atom. The molecule has 1 aliphatic rings. The summed E-state index contributed by atoms with van der Waals surface area (Å²) in [6.07, 6.45) is 2.66. The van der Waals surface area contributed by atoms with Gasteiger partial charge in [-0.2, -0.15) is 0 Å². The van der Waals surface area contributed by atoms with Crippen LogP contribution < -0.4 is 11.3 Å². The summed E-state index contributed by atoms with van der Waals surface area (Å²) in [5, 5.41) is 2.87. The van der Waals surface area contributed by atoms with Crippen molar-refractivity contribution in [3.63, 3.8) is 0 Å². The number of nitrogens with two attached hydrogens (primary N) is 1. The molecule has 3 heterocycles. The van der Waals surface area contributed by atoms with Gasteiger partial charge in [0.1, 0.15) is 4.83 Å². The van der Waals surface area contributed by atoms with Crippen LogP contribution in [-0.2, 0) is 11.3 Å². The van der Waals surface area contributed by atoms with Gasteiger partial charge in [0.05, 0.1) is 11.9 Å². The van der Waals surface area contributed by atoms with Crippen molar-refractivity contribution in [1.29, 1.82) is 0 Å². The molecule has 0 radical (unpaired) electrons. The van der Waals surface area contributed by atoms with Gasteiger partial charge < -0.3 is 10.3 Å². The molecule has 3 N–H and O–H groups in total. The quantitative estimate of drug-likeness (QED) is 0.656. The number of fused-ring (bicyclic) bond motifs is 1. The molecule has 0 spiro atoms. The first-order valence-electron chi connectivity index (χ1n) is 6.26. The predicted octanol–water partition coefficient (Wildman–Crippen LogP) is 1.49. The van der Waals surface area contributed by atoms with Crippen LogP contribution >= 0.6 is 11.3 Å². The van der Waals surface area contributed by atoms with Gasteiger partial charge in [-0.3, -0.25) is 4.79 Å². The standard InChI is InChI=1S/C12H15N5OS/c13-16-11-8-4-6-19-12(8)15-9(14-11)7-17-5-2-1-3-10(17)18/h4,6H,1-3,5,7,13H2,(H,14,15,16). The zero-order valence-corrected chi connectivity index (χ0v) is 11.2. The van der Waals surface area contributed by atoms with Crippen molar-refractivity contribution in [3.05, 3.63) is 17.3 Å². The number of carbonyl (C=O) groups is 1. The van der Waals surface area contributed by atoms with E-state index in [-0.39, 0.29) is 5.91 Å². The Kier molecular flexibility index (Phi) is 3.31. The van der Waals surface area contributed by atoms with Gasteiger partial charge in [0, 0.05) is 13.0 Å². The van der Waals surface area contributed by atoms with Crippen molar-refractivity contribution < 1.29 is 4.79 Å². The predicted molar refractivity (Wildman–Crippen MR) is 74.5 cm³/mol. The number of rotatable bonds is 3. The second-order valence-corrected chi connectivity index (χ2v) is 5.44. The molecule has 6 nitrogen and oxygen atoms in total. The number of hydrogen-bond acceptors (Lipinski definition) is 6. The van der Waals surface area contributed by atoms with Crippen molar-refractivity contribution in [2.45, 2.75) is 25.8 Å². The Labute approximate surface area is 114 Å². The maximum atomic E-state index is 11.8. The molecule has 1 amide bonds. The van der Waals surface area contributed by atoms with Gasteiger partial charge >= 0.3 is 0 Å². The zero-order valence-electron chi connectivity index (χ0n) is 10.4. The van der Waals surface area contributed by atoms with E-state index >= 15 is 0 Å². The molecular weight excluding hydrogens is 262 g/mol. The Morgan fingerprint density at radius 3 is 3.11 bits per heavy atom. The number of likely N-dealkylation sites (tertiary alicyclic amines) is 1. The molecule has 1 aliphatic heterocycles. The average Bonchev–Trinajstić information content (AvgIpc) is 2.89. The normalized spacial score (nSPS) is 16.1. The van der Waals surface area contributed by atoms with Crippen molar-refractivity contribution in [2.75, 3.05) is 12.0 Å². The Hall–Kier alpha value is -1.73. The number of amides is 1. The van der Waals surface area contributed by atoms with Crippen LogP contribution in [0.2, 0.25) is 0 Å². The molecule has 0 atom stereocenters. The summed E-state index contributed by atoms with van der Waals surface area (Å²) < 4.78 is 0. The summed E-state index contributed by atoms with van der Waals surface area (Å²) in [6, 6.07) is 1.94. The second-order valence-electron chi connectivity index (χ2n) is 4.54. The van der Waals surface area contributed by atoms with E-state index in [2.05, 4.69) is 15.4 Å². The van der Waals surface area contributed by atoms with E-state index in [0.717, 1.165) is 29.6 Å². The highest BCUT2D eigenvalue weighted by Gasteiger charge is 2.19. The molecule has 0 bridgehead atoms. The molecule has 0 unspecified atom stereocenters. The van der Waals surface area contributed by atoms with E-state index in [1.165, 1.54) is 0 Å². The number of thiophene rings is 1. The van der Waals surface area contributed by atoms with Crippen LogP contribution in [0.3, 0.4) is 0 Å². The first kappa shape index (κ1) is 12.3. The fraction of sp³-hybridized carbons (Fsp3) is 0.417. The topological polar surface area (TPSA) is 84.1 Å². The molecule has 1 saturated heterocycles. The molecule has 0 aromatic carbocycles. The molecule has 7 heteroatoms. The second kappa shape index (κ2) is 5.10. The third-order valence-electron chi connectivity index (χ3n) is 3.26. The lowest BCUT2D eigenvalue weighted by Crippen LogP contribution is -2.35. The summed E-state index contributed by atoms with van der Waals surface area (Å²) in [5.74, 6) is 6.93. The Balaban J connectivity index is 1.89. The highest BCUT2D eigenvalue weighted by Crippen LogP contribution is 2.25. The van der Waals surface area contributed by atoms with Gasteiger partial charge in [0.2, 0.25) is 5.91 Å². The molecule has 1 fully saturated rings. The average molecular weight is 277 g/mol. The van der Waals surface area contributed by atoms with Crippen molar-refractivity contribution in [3.8, 4) is 0 Å². The van der Waals surface area contributed by atoms with Gasteiger partial charge in [-0.05, 0) is 24.3 Å². The first-order valence-corrected chi connectivity index (χ1v) is 7.14. The molecule has 100 valence electrons. The van der Waals surface area contributed by atoms with Crippen LogP contribution in [0.15, 0.2) is 11.4 Å². The fourth-order valence-corrected chi connectivity index (χ4v) is 3.06. The molecular formula is C12H15N5OS. The third kappa shape index (κ3) is 2.39. The van der Waals surface area contributed by atoms with Gasteiger partial charge in [-0.15, -0.1) is 11.3 Å². The minimum atomic E-state index is 0.184. The van der Waals surface area contributed by atoms with Crippen LogP contribution in [-0.4, -0.2) is 27.3 Å². The van der Waals surface area contributed by atoms with Gasteiger partial charge in [0.15, 0.2) is 11.6 Å². The monoisotopic (exact) mass is 277 g/mol. The summed E-state index contributed by atoms with van der Waals surface area (Å²) in [5.41, 5.74) is 2.60. The maximum absolute atomic E-state index is 11.8. The minimum absolute atomic E-state index is 0.184. The van der Waals surface area contributed by atoms with Crippen LogP contribution in [0.1, 0.15) is 25.1 Å². The van der Waals surface area contributed by atoms with E-state index in [1.54, 1.807) is 11.3 Å². The first-order chi connectivity index (χ1) is 9.28. The van der Waals surface area contributed by atoms with Crippen LogP contribution in [0.25, 0.3) is 10.2 Å². The number of nitrogens with zero attached hydrogens (tertiary/aromatic N) is 3. The number of hydrogen-bond donors (Lipinski definition) is 2. The minimum Gasteiger partial charge on any atom is -0.335 e. The number of anilines is 1. The highest BCUT2D eigenvalue weighted by atomic mass is 32.1. The van der Waals surface area contributed by atoms with Crippen molar-refractivity contribution in [1.82, 2.24) is 14.9 Å². The Morgan fingerprint density at radius 2 is 2.32 bits per heavy atom. The summed E-state index contributed by atoms with van der Waals surface area (Å²) in [6.45, 7) is 1.25. The van der Waals surface area contributed by atoms with E-state index in [0.29, 0.717) is 24.6 Å². The van der Waals surface area contributed by atoms with Crippen LogP contribution in [0.5, 0.6) is 0 Å². The summed E-state index contributed by atoms with van der Waals surface area (Å²) in [7, 11) is 0. The Bertz CT molecular complexity index is 611.